The molecule has 0 aliphatic heterocycles. The van der Waals surface area contributed by atoms with Gasteiger partial charge in [-0.1, -0.05) is 48.5 Å². The van der Waals surface area contributed by atoms with Crippen LogP contribution in [0.4, 0.5) is 11.4 Å². The summed E-state index contributed by atoms with van der Waals surface area (Å²) in [6, 6.07) is 19.4. The van der Waals surface area contributed by atoms with Crippen molar-refractivity contribution in [3.63, 3.8) is 0 Å². The van der Waals surface area contributed by atoms with E-state index in [0.717, 1.165) is 5.69 Å². The minimum Gasteiger partial charge on any atom is -0.744 e. The predicted octanol–water partition coefficient (Wildman–Crippen LogP) is 0.491. The fraction of sp³-hybridized carbons (Fsp3) is 0. The molecular formula is C16H12KNO3S. The van der Waals surface area contributed by atoms with E-state index in [9.17, 15) is 13.0 Å². The van der Waals surface area contributed by atoms with Gasteiger partial charge in [0.15, 0.2) is 0 Å². The second kappa shape index (κ2) is 7.23. The van der Waals surface area contributed by atoms with E-state index in [-0.39, 0.29) is 62.0 Å². The predicted molar refractivity (Wildman–Crippen MR) is 81.6 cm³/mol. The summed E-state index contributed by atoms with van der Waals surface area (Å²) in [6.45, 7) is 0. The molecule has 0 atom stereocenters. The van der Waals surface area contributed by atoms with Gasteiger partial charge in [0.25, 0.3) is 0 Å². The standard InChI is InChI=1S/C16H13NO3S.K/c18-21(19,20)16-14-9-5-4-6-12(14)10-11-15(16)17-13-7-2-1-3-8-13;/h1-11,17H,(H,18,19,20);/q;+1/p-1. The molecule has 0 aliphatic carbocycles. The molecule has 0 amide bonds. The van der Waals surface area contributed by atoms with Crippen LogP contribution in [-0.2, 0) is 10.1 Å². The van der Waals surface area contributed by atoms with Crippen LogP contribution in [0.3, 0.4) is 0 Å². The molecule has 0 heterocycles. The fourth-order valence-corrected chi connectivity index (χ4v) is 3.13. The molecule has 0 unspecified atom stereocenters. The third-order valence-electron chi connectivity index (χ3n) is 3.18. The Kier molecular flexibility index (Phi) is 5.79. The van der Waals surface area contributed by atoms with Crippen LogP contribution < -0.4 is 56.7 Å². The van der Waals surface area contributed by atoms with E-state index < -0.39 is 10.1 Å². The molecule has 0 aromatic heterocycles. The molecule has 1 N–H and O–H groups in total. The van der Waals surface area contributed by atoms with Crippen LogP contribution in [0.5, 0.6) is 0 Å². The molecule has 3 aromatic rings. The van der Waals surface area contributed by atoms with Crippen molar-refractivity contribution in [1.82, 2.24) is 0 Å². The first-order valence-corrected chi connectivity index (χ1v) is 7.76. The van der Waals surface area contributed by atoms with E-state index in [1.807, 2.05) is 18.2 Å². The summed E-state index contributed by atoms with van der Waals surface area (Å²) in [5.74, 6) is 0. The maximum Gasteiger partial charge on any atom is 1.00 e. The van der Waals surface area contributed by atoms with Crippen LogP contribution in [0.1, 0.15) is 0 Å². The summed E-state index contributed by atoms with van der Waals surface area (Å²) in [5.41, 5.74) is 1.01. The van der Waals surface area contributed by atoms with Gasteiger partial charge in [-0.25, -0.2) is 8.42 Å². The zero-order chi connectivity index (χ0) is 14.9. The van der Waals surface area contributed by atoms with E-state index in [0.29, 0.717) is 10.8 Å². The number of nitrogens with one attached hydrogen (secondary N) is 1. The van der Waals surface area contributed by atoms with Gasteiger partial charge >= 0.3 is 51.4 Å². The van der Waals surface area contributed by atoms with Gasteiger partial charge in [-0.3, -0.25) is 0 Å². The van der Waals surface area contributed by atoms with E-state index >= 15 is 0 Å². The van der Waals surface area contributed by atoms with Crippen LogP contribution in [0.25, 0.3) is 10.8 Å². The van der Waals surface area contributed by atoms with E-state index in [4.69, 9.17) is 0 Å². The van der Waals surface area contributed by atoms with E-state index in [1.165, 1.54) is 0 Å². The van der Waals surface area contributed by atoms with Gasteiger partial charge < -0.3 is 9.87 Å². The number of para-hydroxylation sites is 1. The number of hydrogen-bond acceptors (Lipinski definition) is 4. The van der Waals surface area contributed by atoms with E-state index in [1.54, 1.807) is 48.5 Å². The molecule has 3 rings (SSSR count). The maximum absolute atomic E-state index is 11.7. The van der Waals surface area contributed by atoms with Crippen LogP contribution in [-0.4, -0.2) is 13.0 Å². The molecule has 106 valence electrons. The quantitative estimate of drug-likeness (QED) is 0.558. The molecule has 6 heteroatoms. The Morgan fingerprint density at radius 2 is 1.45 bits per heavy atom. The minimum atomic E-state index is -4.59. The average molecular weight is 337 g/mol. The second-order valence-electron chi connectivity index (χ2n) is 4.61. The van der Waals surface area contributed by atoms with Crippen molar-refractivity contribution in [3.8, 4) is 0 Å². The summed E-state index contributed by atoms with van der Waals surface area (Å²) >= 11 is 0. The SMILES string of the molecule is O=S(=O)([O-])c1c(Nc2ccccc2)ccc2ccccc12.[K+]. The van der Waals surface area contributed by atoms with Crippen LogP contribution in [0.15, 0.2) is 71.6 Å². The number of rotatable bonds is 3. The van der Waals surface area contributed by atoms with Crippen LogP contribution in [0, 0.1) is 0 Å². The van der Waals surface area contributed by atoms with Gasteiger partial charge in [0, 0.05) is 11.1 Å². The molecule has 3 aromatic carbocycles. The first-order chi connectivity index (χ1) is 10.1. The Morgan fingerprint density at radius 1 is 0.818 bits per heavy atom. The molecule has 0 spiro atoms. The molecule has 0 saturated heterocycles. The summed E-state index contributed by atoms with van der Waals surface area (Å²) in [4.78, 5) is -0.218. The third-order valence-corrected chi connectivity index (χ3v) is 4.12. The normalized spacial score (nSPS) is 11.0. The Morgan fingerprint density at radius 3 is 2.14 bits per heavy atom. The topological polar surface area (TPSA) is 69.2 Å². The average Bonchev–Trinajstić information content (AvgIpc) is 2.47. The van der Waals surface area contributed by atoms with Crippen LogP contribution in [0.2, 0.25) is 0 Å². The summed E-state index contributed by atoms with van der Waals surface area (Å²) in [5, 5.41) is 4.13. The molecular weight excluding hydrogens is 325 g/mol. The van der Waals surface area contributed by atoms with Crippen molar-refractivity contribution in [1.29, 1.82) is 0 Å². The number of anilines is 2. The van der Waals surface area contributed by atoms with Crippen molar-refractivity contribution < 1.29 is 64.4 Å². The molecule has 0 bridgehead atoms. The van der Waals surface area contributed by atoms with Gasteiger partial charge in [0.1, 0.15) is 10.1 Å². The minimum absolute atomic E-state index is 0. The second-order valence-corrected chi connectivity index (χ2v) is 5.93. The monoisotopic (exact) mass is 337 g/mol. The zero-order valence-electron chi connectivity index (χ0n) is 12.0. The Bertz CT molecular complexity index is 896. The fourth-order valence-electron chi connectivity index (χ4n) is 2.29. The summed E-state index contributed by atoms with van der Waals surface area (Å²) in [7, 11) is -4.59. The zero-order valence-corrected chi connectivity index (χ0v) is 15.9. The molecule has 0 aliphatic rings. The first-order valence-electron chi connectivity index (χ1n) is 6.35. The van der Waals surface area contributed by atoms with Gasteiger partial charge in [-0.15, -0.1) is 0 Å². The summed E-state index contributed by atoms with van der Waals surface area (Å²) < 4.78 is 35.0. The molecule has 0 saturated carbocycles. The maximum atomic E-state index is 11.7. The summed E-state index contributed by atoms with van der Waals surface area (Å²) in [6.07, 6.45) is 0. The molecule has 0 radical (unpaired) electrons. The van der Waals surface area contributed by atoms with Crippen molar-refractivity contribution in [2.24, 2.45) is 0 Å². The Balaban J connectivity index is 0.00000176. The third kappa shape index (κ3) is 3.77. The largest absolute Gasteiger partial charge is 1.00 e. The van der Waals surface area contributed by atoms with E-state index in [2.05, 4.69) is 5.32 Å². The Hall–Kier alpha value is -0.734. The van der Waals surface area contributed by atoms with Crippen molar-refractivity contribution in [2.45, 2.75) is 4.90 Å². The number of fused-ring (bicyclic) bond motifs is 1. The number of benzene rings is 3. The van der Waals surface area contributed by atoms with Crippen molar-refractivity contribution >= 4 is 32.3 Å². The number of hydrogen-bond donors (Lipinski definition) is 1. The molecule has 22 heavy (non-hydrogen) atoms. The van der Waals surface area contributed by atoms with Crippen molar-refractivity contribution in [2.75, 3.05) is 5.32 Å². The molecule has 4 nitrogen and oxygen atoms in total. The van der Waals surface area contributed by atoms with Gasteiger partial charge in [0.2, 0.25) is 0 Å². The Labute approximate surface area is 171 Å². The first kappa shape index (κ1) is 17.6. The molecule has 0 fully saturated rings. The van der Waals surface area contributed by atoms with Crippen molar-refractivity contribution in [3.05, 3.63) is 66.7 Å². The van der Waals surface area contributed by atoms with Gasteiger partial charge in [0.05, 0.1) is 10.6 Å². The van der Waals surface area contributed by atoms with Gasteiger partial charge in [-0.2, -0.15) is 0 Å². The van der Waals surface area contributed by atoms with Crippen LogP contribution >= 0.6 is 0 Å². The smallest absolute Gasteiger partial charge is 0.744 e. The van der Waals surface area contributed by atoms with Gasteiger partial charge in [-0.05, 0) is 23.6 Å².